The summed E-state index contributed by atoms with van der Waals surface area (Å²) < 4.78 is 25.5. The van der Waals surface area contributed by atoms with Gasteiger partial charge in [0.2, 0.25) is 15.9 Å². The van der Waals surface area contributed by atoms with Gasteiger partial charge in [0.05, 0.1) is 17.4 Å². The first-order valence-corrected chi connectivity index (χ1v) is 11.2. The quantitative estimate of drug-likeness (QED) is 0.769. The molecule has 29 heavy (non-hydrogen) atoms. The summed E-state index contributed by atoms with van der Waals surface area (Å²) in [6.07, 6.45) is 0. The molecule has 2 heterocycles. The number of amides is 2. The average molecular weight is 413 g/mol. The first kappa shape index (κ1) is 19.4. The van der Waals surface area contributed by atoms with E-state index in [1.165, 1.54) is 6.07 Å². The van der Waals surface area contributed by atoms with Gasteiger partial charge in [-0.3, -0.25) is 9.59 Å². The van der Waals surface area contributed by atoms with Crippen LogP contribution in [0.4, 0.5) is 11.4 Å². The minimum absolute atomic E-state index is 0.156. The molecule has 0 unspecified atom stereocenters. The maximum atomic E-state index is 13.0. The van der Waals surface area contributed by atoms with E-state index in [9.17, 15) is 18.0 Å². The summed E-state index contributed by atoms with van der Waals surface area (Å²) in [6.45, 7) is 4.21. The summed E-state index contributed by atoms with van der Waals surface area (Å²) >= 11 is 0. The fraction of sp³-hybridized carbons (Fsp3) is 0.333. The fourth-order valence-electron chi connectivity index (χ4n) is 3.84. The van der Waals surface area contributed by atoms with Gasteiger partial charge in [-0.15, -0.1) is 0 Å². The second-order valence-corrected chi connectivity index (χ2v) is 9.31. The number of piperazine rings is 1. The molecular formula is C21H23N3O4S. The molecule has 0 bridgehead atoms. The van der Waals surface area contributed by atoms with Gasteiger partial charge in [0, 0.05) is 37.4 Å². The summed E-state index contributed by atoms with van der Waals surface area (Å²) in [5, 5.41) is 0. The Labute approximate surface area is 170 Å². The standard InChI is InChI=1S/C21H23N3O4S/c1-16-15-29(27,28)24(20(16)25)19-9-5-6-17(14-19)21(26)23-12-10-22(11-13-23)18-7-3-2-4-8-18/h2-9,14,16H,10-13,15H2,1H3/t16-/m1/s1. The number of hydrogen-bond acceptors (Lipinski definition) is 5. The lowest BCUT2D eigenvalue weighted by Gasteiger charge is -2.36. The van der Waals surface area contributed by atoms with Crippen LogP contribution in [-0.2, 0) is 14.8 Å². The number of carbonyl (C=O) groups is 2. The molecule has 2 aromatic rings. The van der Waals surface area contributed by atoms with Gasteiger partial charge >= 0.3 is 0 Å². The summed E-state index contributed by atoms with van der Waals surface area (Å²) in [6, 6.07) is 16.4. The van der Waals surface area contributed by atoms with Crippen LogP contribution in [0.2, 0.25) is 0 Å². The van der Waals surface area contributed by atoms with E-state index in [1.54, 1.807) is 30.0 Å². The molecule has 2 aromatic carbocycles. The second-order valence-electron chi connectivity index (χ2n) is 7.45. The van der Waals surface area contributed by atoms with E-state index in [1.807, 2.05) is 18.2 Å². The van der Waals surface area contributed by atoms with Crippen LogP contribution in [0.5, 0.6) is 0 Å². The van der Waals surface area contributed by atoms with Crippen LogP contribution >= 0.6 is 0 Å². The van der Waals surface area contributed by atoms with Gasteiger partial charge in [-0.05, 0) is 30.3 Å². The molecule has 152 valence electrons. The van der Waals surface area contributed by atoms with Crippen LogP contribution in [0.1, 0.15) is 17.3 Å². The predicted octanol–water partition coefficient (Wildman–Crippen LogP) is 1.96. The number of carbonyl (C=O) groups excluding carboxylic acids is 2. The lowest BCUT2D eigenvalue weighted by molar-refractivity contribution is -0.119. The van der Waals surface area contributed by atoms with Crippen molar-refractivity contribution in [1.82, 2.24) is 4.90 Å². The number of rotatable bonds is 3. The Morgan fingerprint density at radius 2 is 1.59 bits per heavy atom. The highest BCUT2D eigenvalue weighted by Gasteiger charge is 2.42. The van der Waals surface area contributed by atoms with Crippen molar-refractivity contribution in [3.63, 3.8) is 0 Å². The molecule has 4 rings (SSSR count). The summed E-state index contributed by atoms with van der Waals surface area (Å²) in [4.78, 5) is 29.3. The first-order valence-electron chi connectivity index (χ1n) is 9.63. The molecule has 0 aliphatic carbocycles. The molecule has 2 aliphatic heterocycles. The average Bonchev–Trinajstić information content (AvgIpc) is 2.94. The van der Waals surface area contributed by atoms with Gasteiger partial charge in [-0.1, -0.05) is 31.2 Å². The van der Waals surface area contributed by atoms with Crippen LogP contribution in [0.15, 0.2) is 54.6 Å². The Bertz CT molecular complexity index is 1030. The molecule has 2 aliphatic rings. The minimum Gasteiger partial charge on any atom is -0.368 e. The zero-order valence-electron chi connectivity index (χ0n) is 16.2. The van der Waals surface area contributed by atoms with Crippen LogP contribution in [0, 0.1) is 5.92 Å². The highest BCUT2D eigenvalue weighted by atomic mass is 32.2. The third kappa shape index (κ3) is 3.72. The van der Waals surface area contributed by atoms with Crippen molar-refractivity contribution in [1.29, 1.82) is 0 Å². The monoisotopic (exact) mass is 413 g/mol. The van der Waals surface area contributed by atoms with Crippen LogP contribution in [-0.4, -0.2) is 57.1 Å². The van der Waals surface area contributed by atoms with Gasteiger partial charge in [0.15, 0.2) is 0 Å². The van der Waals surface area contributed by atoms with Crippen molar-refractivity contribution in [2.45, 2.75) is 6.92 Å². The number of hydrogen-bond donors (Lipinski definition) is 0. The molecule has 2 amide bonds. The van der Waals surface area contributed by atoms with Crippen molar-refractivity contribution in [3.05, 3.63) is 60.2 Å². The number of para-hydroxylation sites is 1. The van der Waals surface area contributed by atoms with Crippen LogP contribution in [0.3, 0.4) is 0 Å². The van der Waals surface area contributed by atoms with Crippen LogP contribution < -0.4 is 9.21 Å². The molecule has 7 nitrogen and oxygen atoms in total. The van der Waals surface area contributed by atoms with Gasteiger partial charge in [-0.25, -0.2) is 12.7 Å². The Morgan fingerprint density at radius 1 is 0.931 bits per heavy atom. The smallest absolute Gasteiger partial charge is 0.254 e. The molecule has 0 radical (unpaired) electrons. The molecule has 0 N–H and O–H groups in total. The third-order valence-corrected chi connectivity index (χ3v) is 7.24. The van der Waals surface area contributed by atoms with Crippen molar-refractivity contribution in [2.75, 3.05) is 41.1 Å². The maximum absolute atomic E-state index is 13.0. The lowest BCUT2D eigenvalue weighted by atomic mass is 10.1. The predicted molar refractivity (Wildman–Crippen MR) is 111 cm³/mol. The van der Waals surface area contributed by atoms with E-state index < -0.39 is 21.8 Å². The zero-order chi connectivity index (χ0) is 20.6. The van der Waals surface area contributed by atoms with E-state index in [2.05, 4.69) is 17.0 Å². The molecule has 2 saturated heterocycles. The summed E-state index contributed by atoms with van der Waals surface area (Å²) in [7, 11) is -3.69. The Balaban J connectivity index is 1.49. The molecule has 0 saturated carbocycles. The largest absolute Gasteiger partial charge is 0.368 e. The minimum atomic E-state index is -3.69. The highest BCUT2D eigenvalue weighted by molar-refractivity contribution is 7.94. The van der Waals surface area contributed by atoms with E-state index in [0.717, 1.165) is 23.1 Å². The Morgan fingerprint density at radius 3 is 2.21 bits per heavy atom. The van der Waals surface area contributed by atoms with Crippen molar-refractivity contribution in [3.8, 4) is 0 Å². The maximum Gasteiger partial charge on any atom is 0.254 e. The zero-order valence-corrected chi connectivity index (χ0v) is 17.0. The second kappa shape index (κ2) is 7.51. The molecule has 8 heteroatoms. The van der Waals surface area contributed by atoms with Gasteiger partial charge in [0.25, 0.3) is 5.91 Å². The lowest BCUT2D eigenvalue weighted by Crippen LogP contribution is -2.48. The Kier molecular flexibility index (Phi) is 5.04. The summed E-state index contributed by atoms with van der Waals surface area (Å²) in [5.74, 6) is -1.39. The molecule has 0 aromatic heterocycles. The van der Waals surface area contributed by atoms with E-state index in [0.29, 0.717) is 18.7 Å². The molecule has 2 fully saturated rings. The fourth-order valence-corrected chi connectivity index (χ4v) is 5.65. The van der Waals surface area contributed by atoms with E-state index >= 15 is 0 Å². The number of nitrogens with zero attached hydrogens (tertiary/aromatic N) is 3. The van der Waals surface area contributed by atoms with Gasteiger partial charge < -0.3 is 9.80 Å². The first-order chi connectivity index (χ1) is 13.9. The number of benzene rings is 2. The van der Waals surface area contributed by atoms with Crippen molar-refractivity contribution in [2.24, 2.45) is 5.92 Å². The highest BCUT2D eigenvalue weighted by Crippen LogP contribution is 2.29. The van der Waals surface area contributed by atoms with Gasteiger partial charge in [-0.2, -0.15) is 0 Å². The van der Waals surface area contributed by atoms with Gasteiger partial charge in [0.1, 0.15) is 0 Å². The molecular weight excluding hydrogens is 390 g/mol. The van der Waals surface area contributed by atoms with Crippen molar-refractivity contribution < 1.29 is 18.0 Å². The third-order valence-electron chi connectivity index (χ3n) is 5.38. The van der Waals surface area contributed by atoms with E-state index in [4.69, 9.17) is 0 Å². The Hall–Kier alpha value is -2.87. The normalized spacial score (nSPS) is 21.5. The number of sulfonamides is 1. The SMILES string of the molecule is C[C@@H]1CS(=O)(=O)N(c2cccc(C(=O)N3CCN(c4ccccc4)CC3)c2)C1=O. The molecule has 1 atom stereocenters. The summed E-state index contributed by atoms with van der Waals surface area (Å²) in [5.41, 5.74) is 1.75. The van der Waals surface area contributed by atoms with Crippen LogP contribution in [0.25, 0.3) is 0 Å². The van der Waals surface area contributed by atoms with Crippen molar-refractivity contribution >= 4 is 33.2 Å². The molecule has 0 spiro atoms. The topological polar surface area (TPSA) is 78.0 Å². The van der Waals surface area contributed by atoms with E-state index in [-0.39, 0.29) is 17.3 Å². The number of anilines is 2.